The highest BCUT2D eigenvalue weighted by molar-refractivity contribution is 14.1. The molecule has 1 nitrogen and oxygen atoms in total. The van der Waals surface area contributed by atoms with E-state index in [0.717, 1.165) is 30.4 Å². The van der Waals surface area contributed by atoms with Crippen LogP contribution in [0.15, 0.2) is 22.4 Å². The predicted octanol–water partition coefficient (Wildman–Crippen LogP) is 3.61. The molecule has 2 rings (SSSR count). The molecule has 0 N–H and O–H groups in total. The van der Waals surface area contributed by atoms with E-state index in [0.29, 0.717) is 0 Å². The van der Waals surface area contributed by atoms with Gasteiger partial charge in [-0.3, -0.25) is 4.79 Å². The highest BCUT2D eigenvalue weighted by Crippen LogP contribution is 2.33. The highest BCUT2D eigenvalue weighted by atomic mass is 127. The molecular weight excluding hydrogens is 315 g/mol. The molecule has 13 heavy (non-hydrogen) atoms. The molecule has 0 atom stereocenters. The van der Waals surface area contributed by atoms with E-state index in [4.69, 9.17) is 0 Å². The van der Waals surface area contributed by atoms with Gasteiger partial charge in [0.05, 0.1) is 0 Å². The molecule has 1 aromatic carbocycles. The van der Waals surface area contributed by atoms with Crippen molar-refractivity contribution in [3.8, 4) is 0 Å². The van der Waals surface area contributed by atoms with Crippen LogP contribution in [-0.2, 0) is 0 Å². The number of thiol groups is 1. The van der Waals surface area contributed by atoms with Crippen molar-refractivity contribution in [1.82, 2.24) is 0 Å². The summed E-state index contributed by atoms with van der Waals surface area (Å²) in [6, 6.07) is 4.03. The fourth-order valence-corrected chi connectivity index (χ4v) is 2.96. The lowest BCUT2D eigenvalue weighted by molar-refractivity contribution is 0.112. The Hall–Kier alpha value is -0.0700. The van der Waals surface area contributed by atoms with Crippen molar-refractivity contribution in [2.24, 2.45) is 0 Å². The van der Waals surface area contributed by atoms with E-state index in [2.05, 4.69) is 35.2 Å². The van der Waals surface area contributed by atoms with Crippen LogP contribution >= 0.6 is 46.6 Å². The summed E-state index contributed by atoms with van der Waals surface area (Å²) in [5.41, 5.74) is 0.739. The zero-order valence-corrected chi connectivity index (χ0v) is 10.3. The predicted molar refractivity (Wildman–Crippen MR) is 67.2 cm³/mol. The van der Waals surface area contributed by atoms with Crippen LogP contribution in [0.1, 0.15) is 10.4 Å². The molecule has 0 unspecified atom stereocenters. The van der Waals surface area contributed by atoms with Crippen LogP contribution in [0.2, 0.25) is 0 Å². The van der Waals surface area contributed by atoms with E-state index < -0.39 is 0 Å². The average Bonchev–Trinajstić information content (AvgIpc) is 2.55. The van der Waals surface area contributed by atoms with Crippen molar-refractivity contribution in [1.29, 1.82) is 0 Å². The molecule has 0 spiro atoms. The van der Waals surface area contributed by atoms with Crippen molar-refractivity contribution in [2.75, 3.05) is 0 Å². The summed E-state index contributed by atoms with van der Waals surface area (Å²) in [6.07, 6.45) is 0.884. The second-order valence-electron chi connectivity index (χ2n) is 2.58. The maximum atomic E-state index is 10.7. The number of rotatable bonds is 1. The van der Waals surface area contributed by atoms with E-state index >= 15 is 0 Å². The summed E-state index contributed by atoms with van der Waals surface area (Å²) in [4.78, 5) is 11.6. The summed E-state index contributed by atoms with van der Waals surface area (Å²) in [5, 5.41) is 2.85. The van der Waals surface area contributed by atoms with Gasteiger partial charge in [0.2, 0.25) is 0 Å². The fourth-order valence-electron chi connectivity index (χ4n) is 1.20. The van der Waals surface area contributed by atoms with Gasteiger partial charge < -0.3 is 0 Å². The van der Waals surface area contributed by atoms with Gasteiger partial charge in [-0.2, -0.15) is 0 Å². The minimum atomic E-state index is 0.739. The first-order valence-corrected chi connectivity index (χ1v) is 5.98. The number of hydrogen-bond acceptors (Lipinski definition) is 3. The Bertz CT molecular complexity index is 476. The van der Waals surface area contributed by atoms with Crippen molar-refractivity contribution in [2.45, 2.75) is 4.90 Å². The number of carbonyl (C=O) groups is 1. The molecule has 1 aromatic heterocycles. The van der Waals surface area contributed by atoms with Crippen molar-refractivity contribution in [3.63, 3.8) is 0 Å². The van der Waals surface area contributed by atoms with Gasteiger partial charge in [-0.25, -0.2) is 0 Å². The van der Waals surface area contributed by atoms with Crippen LogP contribution in [0.4, 0.5) is 0 Å². The molecule has 0 aliphatic heterocycles. The molecule has 66 valence electrons. The monoisotopic (exact) mass is 320 g/mol. The second-order valence-corrected chi connectivity index (χ2v) is 5.10. The number of hydrogen-bond donors (Lipinski definition) is 1. The number of thiophene rings is 1. The third kappa shape index (κ3) is 1.51. The Labute approximate surface area is 98.7 Å². The van der Waals surface area contributed by atoms with E-state index in [1.807, 2.05) is 17.5 Å². The maximum absolute atomic E-state index is 10.7. The number of fused-ring (bicyclic) bond motifs is 1. The molecular formula is C9H5IOS2. The first kappa shape index (κ1) is 9.48. The van der Waals surface area contributed by atoms with Crippen molar-refractivity contribution in [3.05, 3.63) is 26.6 Å². The third-order valence-corrected chi connectivity index (χ3v) is 4.58. The lowest BCUT2D eigenvalue weighted by atomic mass is 10.2. The van der Waals surface area contributed by atoms with Crippen molar-refractivity contribution >= 4 is 62.9 Å². The van der Waals surface area contributed by atoms with Crippen LogP contribution in [0.3, 0.4) is 0 Å². The van der Waals surface area contributed by atoms with E-state index in [-0.39, 0.29) is 0 Å². The van der Waals surface area contributed by atoms with Gasteiger partial charge in [-0.15, -0.1) is 24.0 Å². The molecule has 0 fully saturated rings. The minimum Gasteiger partial charge on any atom is -0.298 e. The standard InChI is InChI=1S/C9H5IOS2/c10-6-1-2-7-8(9(6)12)5(3-11)4-13-7/h1-4,12H. The molecule has 0 saturated heterocycles. The quantitative estimate of drug-likeness (QED) is 0.483. The van der Waals surface area contributed by atoms with Crippen LogP contribution in [-0.4, -0.2) is 6.29 Å². The number of benzene rings is 1. The minimum absolute atomic E-state index is 0.739. The maximum Gasteiger partial charge on any atom is 0.151 e. The van der Waals surface area contributed by atoms with Gasteiger partial charge in [0.1, 0.15) is 0 Å². The lowest BCUT2D eigenvalue weighted by Crippen LogP contribution is -1.80. The summed E-state index contributed by atoms with van der Waals surface area (Å²) in [5.74, 6) is 0. The van der Waals surface area contributed by atoms with Crippen LogP contribution in [0.5, 0.6) is 0 Å². The molecule has 0 bridgehead atoms. The Morgan fingerprint density at radius 2 is 2.23 bits per heavy atom. The molecule has 0 radical (unpaired) electrons. The van der Waals surface area contributed by atoms with Crippen LogP contribution in [0.25, 0.3) is 10.1 Å². The van der Waals surface area contributed by atoms with E-state index in [9.17, 15) is 4.79 Å². The van der Waals surface area contributed by atoms with Gasteiger partial charge in [-0.1, -0.05) is 0 Å². The first-order chi connectivity index (χ1) is 6.24. The Morgan fingerprint density at radius 1 is 1.46 bits per heavy atom. The molecule has 4 heteroatoms. The lowest BCUT2D eigenvalue weighted by Gasteiger charge is -1.98. The van der Waals surface area contributed by atoms with Crippen LogP contribution in [0, 0.1) is 3.57 Å². The zero-order valence-electron chi connectivity index (χ0n) is 6.45. The summed E-state index contributed by atoms with van der Waals surface area (Å²) in [7, 11) is 0. The third-order valence-electron chi connectivity index (χ3n) is 1.82. The number of aldehydes is 1. The molecule has 1 heterocycles. The SMILES string of the molecule is O=Cc1csc2ccc(I)c(S)c12. The van der Waals surface area contributed by atoms with Crippen LogP contribution < -0.4 is 0 Å². The Kier molecular flexibility index (Phi) is 2.62. The van der Waals surface area contributed by atoms with Gasteiger partial charge in [0.25, 0.3) is 0 Å². The fraction of sp³-hybridized carbons (Fsp3) is 0. The highest BCUT2D eigenvalue weighted by Gasteiger charge is 2.08. The summed E-state index contributed by atoms with van der Waals surface area (Å²) < 4.78 is 2.20. The molecule has 0 aliphatic rings. The first-order valence-electron chi connectivity index (χ1n) is 3.58. The van der Waals surface area contributed by atoms with Crippen molar-refractivity contribution < 1.29 is 4.79 Å². The van der Waals surface area contributed by atoms with Gasteiger partial charge >= 0.3 is 0 Å². The Balaban J connectivity index is 2.93. The smallest absolute Gasteiger partial charge is 0.151 e. The molecule has 0 amide bonds. The molecule has 0 aliphatic carbocycles. The number of halogens is 1. The van der Waals surface area contributed by atoms with E-state index in [1.165, 1.54) is 0 Å². The molecule has 0 saturated carbocycles. The Morgan fingerprint density at radius 3 is 2.92 bits per heavy atom. The number of carbonyl (C=O) groups excluding carboxylic acids is 1. The van der Waals surface area contributed by atoms with Gasteiger partial charge in [0.15, 0.2) is 6.29 Å². The normalized spacial score (nSPS) is 10.6. The average molecular weight is 320 g/mol. The second kappa shape index (κ2) is 3.59. The van der Waals surface area contributed by atoms with Gasteiger partial charge in [-0.05, 0) is 34.7 Å². The van der Waals surface area contributed by atoms with Gasteiger partial charge in [0, 0.05) is 29.5 Å². The summed E-state index contributed by atoms with van der Waals surface area (Å²) >= 11 is 8.19. The van der Waals surface area contributed by atoms with E-state index in [1.54, 1.807) is 11.3 Å². The molecule has 2 aromatic rings. The largest absolute Gasteiger partial charge is 0.298 e. The summed E-state index contributed by atoms with van der Waals surface area (Å²) in [6.45, 7) is 0. The zero-order chi connectivity index (χ0) is 9.42. The topological polar surface area (TPSA) is 17.1 Å².